The Morgan fingerprint density at radius 2 is 1.91 bits per heavy atom. The van der Waals surface area contributed by atoms with E-state index in [1.54, 1.807) is 6.07 Å². The maximum absolute atomic E-state index is 11.8. The summed E-state index contributed by atoms with van der Waals surface area (Å²) in [5.41, 5.74) is 0.673. The molecule has 1 aliphatic heterocycles. The van der Waals surface area contributed by atoms with Crippen LogP contribution in [0.15, 0.2) is 18.2 Å². The lowest BCUT2D eigenvalue weighted by Gasteiger charge is -2.45. The number of aromatic hydroxyl groups is 1. The van der Waals surface area contributed by atoms with Crippen molar-refractivity contribution < 1.29 is 40.1 Å². The number of aliphatic hydroxyl groups is 4. The smallest absolute Gasteiger partial charge is 0.161 e. The molecule has 5 atom stereocenters. The molecule has 0 aromatic heterocycles. The van der Waals surface area contributed by atoms with E-state index < -0.39 is 37.3 Å². The van der Waals surface area contributed by atoms with Gasteiger partial charge >= 0.3 is 0 Å². The fourth-order valence-corrected chi connectivity index (χ4v) is 2.28. The molecule has 1 heterocycles. The van der Waals surface area contributed by atoms with Crippen LogP contribution in [0.25, 0.3) is 0 Å². The molecule has 0 saturated carbocycles. The van der Waals surface area contributed by atoms with E-state index in [1.165, 1.54) is 12.1 Å². The highest BCUT2D eigenvalue weighted by molar-refractivity contribution is 5.42. The Morgan fingerprint density at radius 3 is 2.50 bits per heavy atom. The standard InChI is InChI=1S/C14H19O8/c15-4-3-7-1-2-9(8(17)5-7)21-13-12(19)11(18)10(6-16)22-14(13)20/h1-2,5,10-19H,3-4,6H2/q-1/t10-,11-,12+,13-,14-/m1/s1. The monoisotopic (exact) mass is 315 g/mol. The van der Waals surface area contributed by atoms with Crippen molar-refractivity contribution in [2.45, 2.75) is 37.1 Å². The second-order valence-electron chi connectivity index (χ2n) is 5.06. The summed E-state index contributed by atoms with van der Waals surface area (Å²) in [5, 5.41) is 59.2. The second kappa shape index (κ2) is 7.23. The zero-order chi connectivity index (χ0) is 16.3. The first-order valence-electron chi connectivity index (χ1n) is 6.85. The number of rotatable bonds is 5. The van der Waals surface area contributed by atoms with Crippen molar-refractivity contribution in [3.8, 4) is 11.5 Å². The molecule has 0 unspecified atom stereocenters. The van der Waals surface area contributed by atoms with E-state index in [0.717, 1.165) is 0 Å². The third kappa shape index (κ3) is 3.49. The van der Waals surface area contributed by atoms with Crippen LogP contribution < -0.4 is 9.84 Å². The van der Waals surface area contributed by atoms with Gasteiger partial charge in [0.15, 0.2) is 11.5 Å². The molecule has 5 N–H and O–H groups in total. The summed E-state index contributed by atoms with van der Waals surface area (Å²) in [7, 11) is 0. The minimum atomic E-state index is -1.83. The van der Waals surface area contributed by atoms with Crippen LogP contribution in [0.5, 0.6) is 11.5 Å². The molecule has 124 valence electrons. The molecule has 1 fully saturated rings. The van der Waals surface area contributed by atoms with Gasteiger partial charge in [-0.05, 0) is 24.1 Å². The van der Waals surface area contributed by atoms with Gasteiger partial charge in [0.1, 0.15) is 24.4 Å². The normalized spacial score (nSPS) is 32.0. The summed E-state index contributed by atoms with van der Waals surface area (Å²) in [5.74, 6) is -0.311. The van der Waals surface area contributed by atoms with Gasteiger partial charge in [-0.1, -0.05) is 6.07 Å². The van der Waals surface area contributed by atoms with Crippen molar-refractivity contribution in [2.75, 3.05) is 13.2 Å². The number of hydrogen-bond acceptors (Lipinski definition) is 8. The number of phenolic OH excluding ortho intramolecular Hbond substituents is 1. The quantitative estimate of drug-likeness (QED) is 0.400. The van der Waals surface area contributed by atoms with Crippen LogP contribution in [0, 0.1) is 0 Å². The molecule has 8 nitrogen and oxygen atoms in total. The molecule has 1 saturated heterocycles. The highest BCUT2D eigenvalue weighted by Gasteiger charge is 2.41. The Morgan fingerprint density at radius 1 is 1.18 bits per heavy atom. The number of benzene rings is 1. The number of ether oxygens (including phenoxy) is 2. The van der Waals surface area contributed by atoms with Crippen molar-refractivity contribution in [2.24, 2.45) is 0 Å². The van der Waals surface area contributed by atoms with Crippen LogP contribution in [0.1, 0.15) is 5.56 Å². The molecule has 22 heavy (non-hydrogen) atoms. The number of aliphatic hydroxyl groups excluding tert-OH is 4. The Bertz CT molecular complexity index is 494. The SMILES string of the molecule is [O-][C@@H]1O[C@H](CO)[C@@H](O)[C@H](O)[C@H]1Oc1ccc(CCO)cc1O. The first kappa shape index (κ1) is 16.9. The summed E-state index contributed by atoms with van der Waals surface area (Å²) >= 11 is 0. The molecular formula is C14H19O8-. The average Bonchev–Trinajstić information content (AvgIpc) is 2.49. The fourth-order valence-electron chi connectivity index (χ4n) is 2.28. The zero-order valence-corrected chi connectivity index (χ0v) is 11.7. The summed E-state index contributed by atoms with van der Waals surface area (Å²) < 4.78 is 10.1. The van der Waals surface area contributed by atoms with Gasteiger partial charge in [0, 0.05) is 12.9 Å². The first-order chi connectivity index (χ1) is 10.5. The summed E-state index contributed by atoms with van der Waals surface area (Å²) in [6.07, 6.45) is -7.14. The van der Waals surface area contributed by atoms with Crippen molar-refractivity contribution in [1.82, 2.24) is 0 Å². The van der Waals surface area contributed by atoms with Crippen LogP contribution in [0.3, 0.4) is 0 Å². The molecular weight excluding hydrogens is 296 g/mol. The Balaban J connectivity index is 2.12. The molecule has 8 heteroatoms. The van der Waals surface area contributed by atoms with E-state index in [0.29, 0.717) is 12.0 Å². The lowest BCUT2D eigenvalue weighted by molar-refractivity contribution is -0.530. The molecule has 0 aliphatic carbocycles. The van der Waals surface area contributed by atoms with Gasteiger partial charge in [0.2, 0.25) is 0 Å². The zero-order valence-electron chi connectivity index (χ0n) is 11.7. The fraction of sp³-hybridized carbons (Fsp3) is 0.571. The molecule has 0 spiro atoms. The minimum absolute atomic E-state index is 0.0511. The third-order valence-electron chi connectivity index (χ3n) is 3.51. The van der Waals surface area contributed by atoms with Crippen molar-refractivity contribution >= 4 is 0 Å². The molecule has 0 radical (unpaired) electrons. The van der Waals surface area contributed by atoms with Crippen LogP contribution in [-0.2, 0) is 11.2 Å². The van der Waals surface area contributed by atoms with E-state index in [1.807, 2.05) is 0 Å². The molecule has 1 aromatic carbocycles. The maximum atomic E-state index is 11.8. The van der Waals surface area contributed by atoms with Crippen LogP contribution in [0.4, 0.5) is 0 Å². The van der Waals surface area contributed by atoms with Crippen LogP contribution in [0.2, 0.25) is 0 Å². The van der Waals surface area contributed by atoms with Crippen molar-refractivity contribution in [1.29, 1.82) is 0 Å². The van der Waals surface area contributed by atoms with Crippen LogP contribution >= 0.6 is 0 Å². The second-order valence-corrected chi connectivity index (χ2v) is 5.06. The van der Waals surface area contributed by atoms with Crippen molar-refractivity contribution in [3.63, 3.8) is 0 Å². The molecule has 1 aliphatic rings. The van der Waals surface area contributed by atoms with Gasteiger partial charge < -0.3 is 40.1 Å². The summed E-state index contributed by atoms with van der Waals surface area (Å²) in [6.45, 7) is -0.684. The lowest BCUT2D eigenvalue weighted by atomic mass is 9.99. The largest absolute Gasteiger partial charge is 0.828 e. The minimum Gasteiger partial charge on any atom is -0.828 e. The topological polar surface area (TPSA) is 143 Å². The average molecular weight is 315 g/mol. The molecule has 1 aromatic rings. The highest BCUT2D eigenvalue weighted by Crippen LogP contribution is 2.31. The summed E-state index contributed by atoms with van der Waals surface area (Å²) in [4.78, 5) is 0. The number of hydrogen-bond donors (Lipinski definition) is 5. The van der Waals surface area contributed by atoms with Gasteiger partial charge in [-0.15, -0.1) is 0 Å². The Labute approximate surface area is 126 Å². The van der Waals surface area contributed by atoms with Gasteiger partial charge in [0.25, 0.3) is 0 Å². The third-order valence-corrected chi connectivity index (χ3v) is 3.51. The first-order valence-corrected chi connectivity index (χ1v) is 6.85. The molecule has 2 rings (SSSR count). The van der Waals surface area contributed by atoms with E-state index >= 15 is 0 Å². The van der Waals surface area contributed by atoms with Gasteiger partial charge in [-0.2, -0.15) is 0 Å². The Hall–Kier alpha value is -1.42. The lowest BCUT2D eigenvalue weighted by Crippen LogP contribution is -2.64. The van der Waals surface area contributed by atoms with Gasteiger partial charge in [-0.3, -0.25) is 0 Å². The summed E-state index contributed by atoms with van der Waals surface area (Å²) in [6, 6.07) is 4.35. The predicted molar refractivity (Wildman–Crippen MR) is 71.1 cm³/mol. The number of phenols is 1. The van der Waals surface area contributed by atoms with Crippen molar-refractivity contribution in [3.05, 3.63) is 23.8 Å². The highest BCUT2D eigenvalue weighted by atomic mass is 16.7. The predicted octanol–water partition coefficient (Wildman–Crippen LogP) is -2.53. The molecule has 0 amide bonds. The van der Waals surface area contributed by atoms with E-state index in [9.17, 15) is 20.4 Å². The maximum Gasteiger partial charge on any atom is 0.161 e. The van der Waals surface area contributed by atoms with E-state index in [2.05, 4.69) is 0 Å². The van der Waals surface area contributed by atoms with E-state index in [4.69, 9.17) is 19.7 Å². The molecule has 0 bridgehead atoms. The Kier molecular flexibility index (Phi) is 5.57. The van der Waals surface area contributed by atoms with Crippen LogP contribution in [-0.4, -0.2) is 69.5 Å². The van der Waals surface area contributed by atoms with Gasteiger partial charge in [-0.25, -0.2) is 0 Å². The van der Waals surface area contributed by atoms with E-state index in [-0.39, 0.29) is 18.1 Å². The van der Waals surface area contributed by atoms with Gasteiger partial charge in [0.05, 0.1) is 6.61 Å².